The third kappa shape index (κ3) is 4.86. The first-order valence-corrected chi connectivity index (χ1v) is 9.22. The smallest absolute Gasteiger partial charge is 0.411 e. The highest BCUT2D eigenvalue weighted by atomic mass is 35.5. The molecule has 28 heavy (non-hydrogen) atoms. The number of nitrogens with zero attached hydrogens (tertiary/aromatic N) is 1. The number of anilines is 1. The van der Waals surface area contributed by atoms with E-state index in [1.165, 1.54) is 24.1 Å². The van der Waals surface area contributed by atoms with Gasteiger partial charge >= 0.3 is 12.2 Å². The molecule has 0 aromatic heterocycles. The molecule has 0 radical (unpaired) electrons. The van der Waals surface area contributed by atoms with E-state index >= 15 is 0 Å². The van der Waals surface area contributed by atoms with Crippen molar-refractivity contribution in [1.82, 2.24) is 4.90 Å². The largest absolute Gasteiger partial charge is 0.496 e. The Morgan fingerprint density at radius 2 is 2.07 bits per heavy atom. The molecule has 0 spiro atoms. The monoisotopic (exact) mass is 412 g/mol. The maximum Gasteiger partial charge on any atom is 0.411 e. The van der Waals surface area contributed by atoms with Crippen LogP contribution in [-0.2, 0) is 4.74 Å². The fourth-order valence-corrected chi connectivity index (χ4v) is 3.90. The maximum atomic E-state index is 12.2. The van der Waals surface area contributed by atoms with Crippen molar-refractivity contribution in [3.8, 4) is 5.75 Å². The summed E-state index contributed by atoms with van der Waals surface area (Å²) in [5.74, 6) is 0.166. The molecule has 154 valence electrons. The number of methoxy groups -OCH3 is 1. The Hall–Kier alpha value is -2.48. The van der Waals surface area contributed by atoms with E-state index in [2.05, 4.69) is 5.32 Å². The first kappa shape index (κ1) is 21.8. The molecule has 1 aromatic rings. The number of nitrogens with one attached hydrogen (secondary N) is 1. The lowest BCUT2D eigenvalue weighted by Gasteiger charge is -2.36. The molecule has 0 saturated carbocycles. The van der Waals surface area contributed by atoms with E-state index in [0.29, 0.717) is 19.3 Å². The van der Waals surface area contributed by atoms with Gasteiger partial charge in [0.25, 0.3) is 0 Å². The number of carbonyl (C=O) groups is 3. The van der Waals surface area contributed by atoms with Gasteiger partial charge in [-0.3, -0.25) is 10.1 Å². The molecule has 1 aliphatic rings. The molecule has 1 unspecified atom stereocenters. The number of carboxylic acid groups (broad SMARTS) is 1. The minimum atomic E-state index is -0.971. The first-order valence-electron chi connectivity index (χ1n) is 8.84. The summed E-state index contributed by atoms with van der Waals surface area (Å²) < 4.78 is 10.4. The summed E-state index contributed by atoms with van der Waals surface area (Å²) >= 11 is 6.09. The summed E-state index contributed by atoms with van der Waals surface area (Å²) in [5, 5.41) is 12.1. The molecule has 1 aromatic carbocycles. The van der Waals surface area contributed by atoms with Gasteiger partial charge in [0.05, 0.1) is 30.0 Å². The highest BCUT2D eigenvalue weighted by Crippen LogP contribution is 2.37. The minimum Gasteiger partial charge on any atom is -0.496 e. The Morgan fingerprint density at radius 1 is 1.39 bits per heavy atom. The van der Waals surface area contributed by atoms with Crippen LogP contribution in [0.15, 0.2) is 12.1 Å². The quantitative estimate of drug-likeness (QED) is 0.704. The first-order chi connectivity index (χ1) is 13.1. The Balaban J connectivity index is 2.04. The zero-order valence-electron chi connectivity index (χ0n) is 16.3. The van der Waals surface area contributed by atoms with Crippen molar-refractivity contribution in [2.24, 2.45) is 11.3 Å². The average molecular weight is 413 g/mol. The van der Waals surface area contributed by atoms with Crippen LogP contribution in [0.1, 0.15) is 37.6 Å². The maximum absolute atomic E-state index is 12.2. The van der Waals surface area contributed by atoms with E-state index in [0.717, 1.165) is 0 Å². The summed E-state index contributed by atoms with van der Waals surface area (Å²) in [6.07, 6.45) is -0.469. The third-order valence-electron chi connectivity index (χ3n) is 4.77. The van der Waals surface area contributed by atoms with Crippen LogP contribution in [0.3, 0.4) is 0 Å². The molecule has 1 aliphatic heterocycles. The van der Waals surface area contributed by atoms with Crippen LogP contribution in [0.25, 0.3) is 0 Å². The molecule has 2 atom stereocenters. The number of rotatable bonds is 5. The van der Waals surface area contributed by atoms with Crippen LogP contribution < -0.4 is 10.1 Å². The number of hydrogen-bond acceptors (Lipinski definition) is 5. The predicted molar refractivity (Wildman–Crippen MR) is 104 cm³/mol. The lowest BCUT2D eigenvalue weighted by atomic mass is 9.80. The number of aldehydes is 1. The zero-order chi connectivity index (χ0) is 21.1. The number of amides is 2. The summed E-state index contributed by atoms with van der Waals surface area (Å²) in [7, 11) is 1.40. The molecule has 8 nitrogen and oxygen atoms in total. The molecule has 0 bridgehead atoms. The van der Waals surface area contributed by atoms with Gasteiger partial charge in [0.1, 0.15) is 5.75 Å². The van der Waals surface area contributed by atoms with E-state index < -0.39 is 12.2 Å². The van der Waals surface area contributed by atoms with Gasteiger partial charge in [-0.25, -0.2) is 9.59 Å². The van der Waals surface area contributed by atoms with Crippen molar-refractivity contribution in [3.05, 3.63) is 22.7 Å². The molecular weight excluding hydrogens is 388 g/mol. The standard InChI is InChI=1S/C19H25ClN2O6/c1-19(2,3)16-11(5-6-22(16)18(25)26)10-28-17(24)21-14-8-15(27-4)12(9-23)7-13(14)20/h7-9,11,16H,5-6,10H2,1-4H3,(H,21,24)(H,25,26)/t11-,16?/m0/s1. The second-order valence-electron chi connectivity index (χ2n) is 7.75. The second kappa shape index (κ2) is 8.68. The van der Waals surface area contributed by atoms with Crippen LogP contribution in [0.4, 0.5) is 15.3 Å². The fraction of sp³-hybridized carbons (Fsp3) is 0.526. The number of likely N-dealkylation sites (tertiary alicyclic amines) is 1. The van der Waals surface area contributed by atoms with Gasteiger partial charge in [0.2, 0.25) is 0 Å². The van der Waals surface area contributed by atoms with E-state index in [9.17, 15) is 19.5 Å². The predicted octanol–water partition coefficient (Wildman–Crippen LogP) is 4.12. The van der Waals surface area contributed by atoms with E-state index in [4.69, 9.17) is 21.1 Å². The molecule has 1 saturated heterocycles. The minimum absolute atomic E-state index is 0.0821. The topological polar surface area (TPSA) is 105 Å². The van der Waals surface area contributed by atoms with Crippen molar-refractivity contribution < 1.29 is 29.0 Å². The molecule has 2 N–H and O–H groups in total. The van der Waals surface area contributed by atoms with Gasteiger partial charge in [0.15, 0.2) is 6.29 Å². The fourth-order valence-electron chi connectivity index (χ4n) is 3.68. The number of hydrogen-bond donors (Lipinski definition) is 2. The summed E-state index contributed by atoms with van der Waals surface area (Å²) in [5.41, 5.74) is 0.222. The van der Waals surface area contributed by atoms with Crippen molar-refractivity contribution in [1.29, 1.82) is 0 Å². The van der Waals surface area contributed by atoms with Crippen LogP contribution in [0, 0.1) is 11.3 Å². The normalized spacial score (nSPS) is 19.2. The molecule has 2 rings (SSSR count). The molecular formula is C19H25ClN2O6. The van der Waals surface area contributed by atoms with E-state index in [1.54, 1.807) is 0 Å². The Bertz CT molecular complexity index is 762. The number of carbonyl (C=O) groups excluding carboxylic acids is 2. The van der Waals surface area contributed by atoms with Crippen LogP contribution in [0.5, 0.6) is 5.75 Å². The van der Waals surface area contributed by atoms with E-state index in [1.807, 2.05) is 20.8 Å². The zero-order valence-corrected chi connectivity index (χ0v) is 17.1. The highest BCUT2D eigenvalue weighted by Gasteiger charge is 2.44. The molecule has 0 aliphatic carbocycles. The van der Waals surface area contributed by atoms with Crippen molar-refractivity contribution in [3.63, 3.8) is 0 Å². The van der Waals surface area contributed by atoms with Gasteiger partial charge in [-0.15, -0.1) is 0 Å². The Kier molecular flexibility index (Phi) is 6.77. The SMILES string of the molecule is COc1cc(NC(=O)OC[C@@H]2CCN(C(=O)O)C2C(C)(C)C)c(Cl)cc1C=O. The highest BCUT2D eigenvalue weighted by molar-refractivity contribution is 6.34. The van der Waals surface area contributed by atoms with Crippen LogP contribution in [-0.4, -0.2) is 54.8 Å². The molecule has 9 heteroatoms. The number of ether oxygens (including phenoxy) is 2. The second-order valence-corrected chi connectivity index (χ2v) is 8.16. The summed E-state index contributed by atoms with van der Waals surface area (Å²) in [4.78, 5) is 36.1. The Labute approximate surface area is 168 Å². The van der Waals surface area contributed by atoms with Crippen LogP contribution >= 0.6 is 11.6 Å². The lowest BCUT2D eigenvalue weighted by molar-refractivity contribution is 0.0686. The van der Waals surface area contributed by atoms with Gasteiger partial charge < -0.3 is 19.5 Å². The van der Waals surface area contributed by atoms with Gasteiger partial charge in [0, 0.05) is 24.6 Å². The van der Waals surface area contributed by atoms with Gasteiger partial charge in [-0.2, -0.15) is 0 Å². The molecule has 2 amide bonds. The lowest BCUT2D eigenvalue weighted by Crippen LogP contribution is -2.46. The van der Waals surface area contributed by atoms with Gasteiger partial charge in [-0.05, 0) is 17.9 Å². The average Bonchev–Trinajstić information content (AvgIpc) is 3.06. The third-order valence-corrected chi connectivity index (χ3v) is 5.08. The van der Waals surface area contributed by atoms with Gasteiger partial charge in [-0.1, -0.05) is 32.4 Å². The van der Waals surface area contributed by atoms with Crippen LogP contribution in [0.2, 0.25) is 5.02 Å². The van der Waals surface area contributed by atoms with Crippen molar-refractivity contribution in [2.75, 3.05) is 25.6 Å². The summed E-state index contributed by atoms with van der Waals surface area (Å²) in [6, 6.07) is 2.57. The molecule has 1 heterocycles. The van der Waals surface area contributed by atoms with Crippen molar-refractivity contribution in [2.45, 2.75) is 33.2 Å². The molecule has 1 fully saturated rings. The number of halogens is 1. The summed E-state index contributed by atoms with van der Waals surface area (Å²) in [6.45, 7) is 6.38. The number of benzene rings is 1. The Morgan fingerprint density at radius 3 is 2.61 bits per heavy atom. The van der Waals surface area contributed by atoms with E-state index in [-0.39, 0.29) is 46.0 Å². The van der Waals surface area contributed by atoms with Crippen molar-refractivity contribution >= 4 is 35.8 Å².